The fourth-order valence-electron chi connectivity index (χ4n) is 3.33. The van der Waals surface area contributed by atoms with Crippen LogP contribution in [0.4, 0.5) is 13.2 Å². The molecule has 0 saturated heterocycles. The SMILES string of the molecule is CCOc1ccc(C(=O)NCCn2nc(C(F)(F)F)c3c2CCCC3)cc1. The van der Waals surface area contributed by atoms with Crippen LogP contribution in [0.1, 0.15) is 47.1 Å². The number of nitrogens with one attached hydrogen (secondary N) is 1. The number of ether oxygens (including phenoxy) is 1. The van der Waals surface area contributed by atoms with Crippen LogP contribution in [0.2, 0.25) is 0 Å². The third-order valence-corrected chi connectivity index (χ3v) is 4.56. The molecule has 3 rings (SSSR count). The minimum absolute atomic E-state index is 0.206. The highest BCUT2D eigenvalue weighted by Crippen LogP contribution is 2.35. The fourth-order valence-corrected chi connectivity index (χ4v) is 3.33. The van der Waals surface area contributed by atoms with Gasteiger partial charge in [-0.25, -0.2) is 0 Å². The smallest absolute Gasteiger partial charge is 0.435 e. The van der Waals surface area contributed by atoms with Gasteiger partial charge >= 0.3 is 6.18 Å². The lowest BCUT2D eigenvalue weighted by Gasteiger charge is -2.15. The maximum atomic E-state index is 13.2. The van der Waals surface area contributed by atoms with Gasteiger partial charge in [-0.3, -0.25) is 9.48 Å². The van der Waals surface area contributed by atoms with Crippen molar-refractivity contribution in [2.45, 2.75) is 45.3 Å². The molecule has 1 heterocycles. The highest BCUT2D eigenvalue weighted by atomic mass is 19.4. The summed E-state index contributed by atoms with van der Waals surface area (Å²) in [6.07, 6.45) is -1.85. The van der Waals surface area contributed by atoms with Crippen molar-refractivity contribution in [2.24, 2.45) is 0 Å². The first-order valence-corrected chi connectivity index (χ1v) is 9.07. The number of alkyl halides is 3. The number of carbonyl (C=O) groups excluding carboxylic acids is 1. The zero-order valence-electron chi connectivity index (χ0n) is 15.1. The van der Waals surface area contributed by atoms with E-state index < -0.39 is 11.9 Å². The molecule has 0 radical (unpaired) electrons. The molecule has 0 atom stereocenters. The van der Waals surface area contributed by atoms with Crippen LogP contribution in [-0.2, 0) is 25.6 Å². The molecule has 8 heteroatoms. The molecule has 146 valence electrons. The molecule has 2 aromatic rings. The molecule has 1 N–H and O–H groups in total. The summed E-state index contributed by atoms with van der Waals surface area (Å²) in [6.45, 7) is 2.83. The Hall–Kier alpha value is -2.51. The monoisotopic (exact) mass is 381 g/mol. The molecule has 0 saturated carbocycles. The summed E-state index contributed by atoms with van der Waals surface area (Å²) in [5, 5.41) is 6.52. The van der Waals surface area contributed by atoms with E-state index in [4.69, 9.17) is 4.74 Å². The molecule has 0 spiro atoms. The van der Waals surface area contributed by atoms with Gasteiger partial charge in [-0.05, 0) is 56.9 Å². The van der Waals surface area contributed by atoms with Gasteiger partial charge in [-0.1, -0.05) is 0 Å². The number of hydrogen-bond acceptors (Lipinski definition) is 3. The van der Waals surface area contributed by atoms with Crippen LogP contribution >= 0.6 is 0 Å². The van der Waals surface area contributed by atoms with E-state index in [1.165, 1.54) is 4.68 Å². The van der Waals surface area contributed by atoms with E-state index in [1.807, 2.05) is 6.92 Å². The Morgan fingerprint density at radius 3 is 2.59 bits per heavy atom. The van der Waals surface area contributed by atoms with Gasteiger partial charge in [-0.2, -0.15) is 18.3 Å². The number of benzene rings is 1. The maximum Gasteiger partial charge on any atom is 0.435 e. The van der Waals surface area contributed by atoms with E-state index in [-0.39, 0.29) is 19.0 Å². The van der Waals surface area contributed by atoms with Crippen molar-refractivity contribution >= 4 is 5.91 Å². The first-order valence-electron chi connectivity index (χ1n) is 9.07. The van der Waals surface area contributed by atoms with E-state index in [0.717, 1.165) is 12.8 Å². The predicted octanol–water partition coefficient (Wildman–Crippen LogP) is 3.61. The average molecular weight is 381 g/mol. The Morgan fingerprint density at radius 2 is 1.93 bits per heavy atom. The van der Waals surface area contributed by atoms with Gasteiger partial charge < -0.3 is 10.1 Å². The first-order chi connectivity index (χ1) is 12.9. The van der Waals surface area contributed by atoms with Gasteiger partial charge in [-0.15, -0.1) is 0 Å². The molecule has 27 heavy (non-hydrogen) atoms. The Morgan fingerprint density at radius 1 is 1.22 bits per heavy atom. The first kappa shape index (κ1) is 19.3. The van der Waals surface area contributed by atoms with Gasteiger partial charge in [0.15, 0.2) is 5.69 Å². The molecule has 0 aliphatic heterocycles. The maximum absolute atomic E-state index is 13.2. The Labute approximate surface area is 155 Å². The van der Waals surface area contributed by atoms with Gasteiger partial charge in [0.25, 0.3) is 5.91 Å². The zero-order chi connectivity index (χ0) is 19.4. The number of aromatic nitrogens is 2. The molecule has 1 aliphatic rings. The van der Waals surface area contributed by atoms with Gasteiger partial charge in [0.1, 0.15) is 5.75 Å². The van der Waals surface area contributed by atoms with E-state index in [9.17, 15) is 18.0 Å². The molecule has 5 nitrogen and oxygen atoms in total. The van der Waals surface area contributed by atoms with Gasteiger partial charge in [0.2, 0.25) is 0 Å². The summed E-state index contributed by atoms with van der Waals surface area (Å²) in [7, 11) is 0. The van der Waals surface area contributed by atoms with E-state index >= 15 is 0 Å². The third-order valence-electron chi connectivity index (χ3n) is 4.56. The average Bonchev–Trinajstić information content (AvgIpc) is 3.02. The summed E-state index contributed by atoms with van der Waals surface area (Å²) in [5.74, 6) is 0.395. The van der Waals surface area contributed by atoms with Gasteiger partial charge in [0, 0.05) is 23.4 Å². The van der Waals surface area contributed by atoms with Crippen LogP contribution in [0.5, 0.6) is 5.75 Å². The minimum Gasteiger partial charge on any atom is -0.494 e. The molecular formula is C19H22F3N3O2. The van der Waals surface area contributed by atoms with Crippen molar-refractivity contribution < 1.29 is 22.7 Å². The predicted molar refractivity (Wildman–Crippen MR) is 93.8 cm³/mol. The van der Waals surface area contributed by atoms with Crippen molar-refractivity contribution in [2.75, 3.05) is 13.2 Å². The fraction of sp³-hybridized carbons (Fsp3) is 0.474. The van der Waals surface area contributed by atoms with Crippen molar-refractivity contribution in [1.82, 2.24) is 15.1 Å². The van der Waals surface area contributed by atoms with Crippen LogP contribution in [0.25, 0.3) is 0 Å². The van der Waals surface area contributed by atoms with Crippen LogP contribution < -0.4 is 10.1 Å². The second-order valence-electron chi connectivity index (χ2n) is 6.42. The quantitative estimate of drug-likeness (QED) is 0.832. The lowest BCUT2D eigenvalue weighted by Crippen LogP contribution is -2.28. The number of nitrogens with zero attached hydrogens (tertiary/aromatic N) is 2. The molecule has 0 unspecified atom stereocenters. The number of halogens is 3. The summed E-state index contributed by atoms with van der Waals surface area (Å²) in [6, 6.07) is 6.71. The second kappa shape index (κ2) is 8.02. The molecule has 0 fully saturated rings. The Bertz CT molecular complexity index is 798. The normalized spacial score (nSPS) is 13.9. The van der Waals surface area contributed by atoms with Crippen LogP contribution in [0.15, 0.2) is 24.3 Å². The summed E-state index contributed by atoms with van der Waals surface area (Å²) in [5.41, 5.74) is 0.641. The van der Waals surface area contributed by atoms with Gasteiger partial charge in [0.05, 0.1) is 13.2 Å². The van der Waals surface area contributed by atoms with Crippen molar-refractivity contribution in [3.8, 4) is 5.75 Å². The standard InChI is InChI=1S/C19H22F3N3O2/c1-2-27-14-9-7-13(8-10-14)18(26)23-11-12-25-16-6-4-3-5-15(16)17(24-25)19(20,21)22/h7-10H,2-6,11-12H2,1H3,(H,23,26). The van der Waals surface area contributed by atoms with Crippen LogP contribution in [0, 0.1) is 0 Å². The van der Waals surface area contributed by atoms with Crippen molar-refractivity contribution in [1.29, 1.82) is 0 Å². The molecule has 1 aromatic carbocycles. The minimum atomic E-state index is -4.45. The Balaban J connectivity index is 1.63. The number of fused-ring (bicyclic) bond motifs is 1. The van der Waals surface area contributed by atoms with Crippen molar-refractivity contribution in [3.63, 3.8) is 0 Å². The van der Waals surface area contributed by atoms with Crippen molar-refractivity contribution in [3.05, 3.63) is 46.8 Å². The summed E-state index contributed by atoms with van der Waals surface area (Å²) in [4.78, 5) is 12.2. The highest BCUT2D eigenvalue weighted by Gasteiger charge is 2.39. The van der Waals surface area contributed by atoms with Crippen LogP contribution in [0.3, 0.4) is 0 Å². The Kier molecular flexibility index (Phi) is 5.72. The lowest BCUT2D eigenvalue weighted by atomic mass is 9.95. The number of hydrogen-bond donors (Lipinski definition) is 1. The molecule has 1 amide bonds. The number of carbonyl (C=O) groups is 1. The van der Waals surface area contributed by atoms with Crippen LogP contribution in [-0.4, -0.2) is 28.8 Å². The number of amides is 1. The third kappa shape index (κ3) is 4.43. The molecule has 0 bridgehead atoms. The molecule has 1 aromatic heterocycles. The zero-order valence-corrected chi connectivity index (χ0v) is 15.1. The summed E-state index contributed by atoms with van der Waals surface area (Å²) >= 11 is 0. The molecular weight excluding hydrogens is 359 g/mol. The molecule has 1 aliphatic carbocycles. The van der Waals surface area contributed by atoms with E-state index in [2.05, 4.69) is 10.4 Å². The second-order valence-corrected chi connectivity index (χ2v) is 6.42. The largest absolute Gasteiger partial charge is 0.494 e. The topological polar surface area (TPSA) is 56.1 Å². The summed E-state index contributed by atoms with van der Waals surface area (Å²) < 4.78 is 46.3. The van der Waals surface area contributed by atoms with E-state index in [0.29, 0.717) is 42.0 Å². The van der Waals surface area contributed by atoms with E-state index in [1.54, 1.807) is 24.3 Å². The number of rotatable bonds is 6. The lowest BCUT2D eigenvalue weighted by molar-refractivity contribution is -0.142. The highest BCUT2D eigenvalue weighted by molar-refractivity contribution is 5.94.